The second-order valence-corrected chi connectivity index (χ2v) is 25.7. The molecule has 0 unspecified atom stereocenters. The number of carboxylic acids is 1. The number of aliphatic carboxylic acids is 1. The molecule has 0 aromatic carbocycles. The van der Waals surface area contributed by atoms with Gasteiger partial charge in [0.2, 0.25) is 70.9 Å². The van der Waals surface area contributed by atoms with Gasteiger partial charge < -0.3 is 109 Å². The first-order chi connectivity index (χ1) is 55.8. The van der Waals surface area contributed by atoms with Gasteiger partial charge >= 0.3 is 23.0 Å². The monoisotopic (exact) mass is 1630 g/mol. The van der Waals surface area contributed by atoms with E-state index in [1.807, 2.05) is 0 Å². The minimum absolute atomic E-state index is 0.00875. The highest BCUT2D eigenvalue weighted by atomic mass is 16.4. The van der Waals surface area contributed by atoms with Crippen LogP contribution in [0.4, 0.5) is 29.2 Å². The summed E-state index contributed by atoms with van der Waals surface area (Å²) >= 11 is 0. The third-order valence-corrected chi connectivity index (χ3v) is 17.2. The highest BCUT2D eigenvalue weighted by Gasteiger charge is 2.28. The molecule has 0 aliphatic rings. The Morgan fingerprint density at radius 2 is 0.735 bits per heavy atom. The maximum absolute atomic E-state index is 14.4. The minimum Gasteiger partial charge on any atom is -0.480 e. The first kappa shape index (κ1) is 85.5. The zero-order chi connectivity index (χ0) is 84.7. The molecular weight excluding hydrogens is 1550 g/mol. The van der Waals surface area contributed by atoms with Gasteiger partial charge in [-0.15, -0.1) is 0 Å². The van der Waals surface area contributed by atoms with Crippen LogP contribution in [0.3, 0.4) is 0 Å². The van der Waals surface area contributed by atoms with Crippen molar-refractivity contribution < 1.29 is 62.6 Å². The molecule has 20 N–H and O–H groups in total. The van der Waals surface area contributed by atoms with Gasteiger partial charge in [0, 0.05) is 103 Å². The van der Waals surface area contributed by atoms with Crippen LogP contribution in [0.25, 0.3) is 33.5 Å². The van der Waals surface area contributed by atoms with Crippen molar-refractivity contribution in [2.24, 2.45) is 5.73 Å². The lowest BCUT2D eigenvalue weighted by molar-refractivity contribution is -0.144. The molecular formula is C64H81N35O18. The molecule has 0 atom stereocenters. The molecule has 0 saturated heterocycles. The number of imidazole rings is 3. The van der Waals surface area contributed by atoms with Crippen molar-refractivity contribution in [3.05, 3.63) is 120 Å². The zero-order valence-electron chi connectivity index (χ0n) is 62.4. The first-order valence-corrected chi connectivity index (χ1v) is 35.2. The smallest absolute Gasteiger partial charge is 0.349 e. The van der Waals surface area contributed by atoms with Gasteiger partial charge in [-0.25, -0.2) is 49.3 Å². The van der Waals surface area contributed by atoms with E-state index >= 15 is 0 Å². The lowest BCUT2D eigenvalue weighted by atomic mass is 10.3. The van der Waals surface area contributed by atoms with E-state index in [-0.39, 0.29) is 101 Å². The zero-order valence-corrected chi connectivity index (χ0v) is 62.4. The quantitative estimate of drug-likeness (QED) is 0.0169. The molecule has 0 spiro atoms. The Kier molecular flexibility index (Phi) is 28.9. The van der Waals surface area contributed by atoms with Crippen LogP contribution in [0.1, 0.15) is 5.56 Å². The fourth-order valence-corrected chi connectivity index (χ4v) is 11.3. The normalized spacial score (nSPS) is 11.1. The standard InChI is InChI=1S/C64H81N35O18/c1-36-18-96(64(117)87-59(36)113)26-46(107)90(21-41(102)75-9-17-93(30-50(111)112)45(106)25-95-11-3-38(67)84-63(95)116)14-6-73-40(101)20-89(44(105)24-94-10-2-37(66)83-62(94)115)13-5-72-42(103)22-92(49(110)28-98-34-81-52-55(69)77-32-79-57(52)98)16-8-74-43(104)23-91(48(109)27-97-33-80-51-54(68)76-31-78-56(51)97)15-7-71-39(100)19-88(12-4-65)47(108)29-99-35-82-53-58(99)85-61(70)86-60(53)114/h2-3,10-11,18,31-35H,4-9,12-17,19-30,65H2,1H3,(H,71,100)(H,72,103)(H,73,101)(H,74,104)(H,75,102)(H,111,112)(H2,66,83,115)(H2,67,84,116)(H2,68,76,78)(H2,69,77,79)(H,87,113,117)(H3,70,85,86,114). The van der Waals surface area contributed by atoms with E-state index in [4.69, 9.17) is 34.4 Å². The van der Waals surface area contributed by atoms with Crippen molar-refractivity contribution in [2.45, 2.75) is 46.2 Å². The Balaban J connectivity index is 0.852. The van der Waals surface area contributed by atoms with Gasteiger partial charge in [0.1, 0.15) is 81.1 Å². The van der Waals surface area contributed by atoms with E-state index in [0.717, 1.165) is 68.1 Å². The molecule has 53 nitrogen and oxygen atoms in total. The molecule has 9 rings (SSSR count). The summed E-state index contributed by atoms with van der Waals surface area (Å²) in [6.07, 6.45) is 9.42. The highest BCUT2D eigenvalue weighted by Crippen LogP contribution is 2.17. The SMILES string of the molecule is Cc1cn(CC(=O)N(CCNC(=O)CN(CCNC(=O)CN(CCNC(=O)CN(CCNC(=O)CN(CCN)C(=O)Cn2cnc3c(=O)[nH]c(N)nc32)C(=O)Cn2cnc3c(N)ncnc32)C(=O)Cn2cnc3c(N)ncnc32)C(=O)Cn2ccc(N)nc2=O)CC(=O)NCCN(CC(=O)O)C(=O)Cn2ccc(N)nc2=O)c(=O)[nH]c1=O. The molecule has 0 fully saturated rings. The molecule has 620 valence electrons. The summed E-state index contributed by atoms with van der Waals surface area (Å²) in [6.45, 7) is -10.7. The van der Waals surface area contributed by atoms with E-state index in [1.165, 1.54) is 57.9 Å². The molecule has 53 heteroatoms. The lowest BCUT2D eigenvalue weighted by Crippen LogP contribution is -2.50. The van der Waals surface area contributed by atoms with Crippen molar-refractivity contribution in [1.82, 2.24) is 143 Å². The molecule has 117 heavy (non-hydrogen) atoms. The first-order valence-electron chi connectivity index (χ1n) is 35.2. The van der Waals surface area contributed by atoms with E-state index in [2.05, 4.69) is 86.4 Å². The number of carbonyl (C=O) groups is 12. The van der Waals surface area contributed by atoms with E-state index in [1.54, 1.807) is 0 Å². The fraction of sp³-hybridized carbons (Fsp3) is 0.391. The Hall–Kier alpha value is -15.5. The second kappa shape index (κ2) is 39.6. The van der Waals surface area contributed by atoms with Crippen molar-refractivity contribution >= 4 is 134 Å². The lowest BCUT2D eigenvalue weighted by Gasteiger charge is -2.26. The summed E-state index contributed by atoms with van der Waals surface area (Å²) in [7, 11) is 0. The Labute approximate surface area is 655 Å². The van der Waals surface area contributed by atoms with Crippen molar-refractivity contribution in [1.29, 1.82) is 0 Å². The fourth-order valence-electron chi connectivity index (χ4n) is 11.3. The number of rotatable bonds is 41. The molecule has 9 aromatic heterocycles. The molecule has 0 radical (unpaired) electrons. The van der Waals surface area contributed by atoms with Gasteiger partial charge in [-0.3, -0.25) is 90.8 Å². The number of hydrogen-bond donors (Lipinski definition) is 14. The second-order valence-electron chi connectivity index (χ2n) is 25.7. The highest BCUT2D eigenvalue weighted by molar-refractivity contribution is 5.91. The number of H-pyrrole nitrogens is 2. The van der Waals surface area contributed by atoms with Crippen LogP contribution in [0.2, 0.25) is 0 Å². The number of nitrogens with two attached hydrogens (primary N) is 6. The van der Waals surface area contributed by atoms with E-state index in [9.17, 15) is 86.6 Å². The molecule has 9 heterocycles. The summed E-state index contributed by atoms with van der Waals surface area (Å²) in [5.74, 6) is -10.9. The van der Waals surface area contributed by atoms with Crippen LogP contribution in [0.15, 0.2) is 86.3 Å². The average molecular weight is 1630 g/mol. The van der Waals surface area contributed by atoms with Crippen molar-refractivity contribution in [2.75, 3.05) is 146 Å². The Morgan fingerprint density at radius 3 is 1.09 bits per heavy atom. The number of carbonyl (C=O) groups excluding carboxylic acids is 11. The van der Waals surface area contributed by atoms with E-state index < -0.39 is 223 Å². The average Bonchev–Trinajstić information content (AvgIpc) is 1.67. The predicted octanol–water partition coefficient (Wildman–Crippen LogP) is -12.3. The topological polar surface area (TPSA) is 736 Å². The number of nitrogens with zero attached hydrogens (tertiary/aromatic N) is 22. The number of nitrogens with one attached hydrogen (secondary N) is 7. The molecule has 0 aliphatic carbocycles. The van der Waals surface area contributed by atoms with Crippen LogP contribution in [-0.2, 0) is 96.8 Å². The maximum atomic E-state index is 14.4. The van der Waals surface area contributed by atoms with Crippen LogP contribution in [-0.4, -0.2) is 310 Å². The third kappa shape index (κ3) is 23.8. The predicted molar refractivity (Wildman–Crippen MR) is 405 cm³/mol. The largest absolute Gasteiger partial charge is 0.480 e. The summed E-state index contributed by atoms with van der Waals surface area (Å²) < 4.78 is 6.51. The molecule has 0 aliphatic heterocycles. The van der Waals surface area contributed by atoms with Gasteiger partial charge in [-0.05, 0) is 19.1 Å². The van der Waals surface area contributed by atoms with Crippen molar-refractivity contribution in [3.63, 3.8) is 0 Å². The molecule has 9 aromatic rings. The molecule has 0 saturated carbocycles. The van der Waals surface area contributed by atoms with Crippen LogP contribution < -0.4 is 89.2 Å². The van der Waals surface area contributed by atoms with Gasteiger partial charge in [0.15, 0.2) is 34.1 Å². The third-order valence-electron chi connectivity index (χ3n) is 17.2. The number of anilines is 5. The van der Waals surface area contributed by atoms with Crippen LogP contribution in [0, 0.1) is 6.92 Å². The number of nitrogen functional groups attached to an aromatic ring is 5. The summed E-state index contributed by atoms with van der Waals surface area (Å²) in [4.78, 5) is 277. The van der Waals surface area contributed by atoms with Gasteiger partial charge in [0.25, 0.3) is 11.1 Å². The van der Waals surface area contributed by atoms with Crippen LogP contribution >= 0.6 is 0 Å². The van der Waals surface area contributed by atoms with Gasteiger partial charge in [-0.1, -0.05) is 0 Å². The summed E-state index contributed by atoms with van der Waals surface area (Å²) in [6, 6.07) is 2.46. The summed E-state index contributed by atoms with van der Waals surface area (Å²) in [5, 5.41) is 22.4. The maximum Gasteiger partial charge on any atom is 0.349 e. The minimum atomic E-state index is -1.44. The molecule has 0 bridgehead atoms. The van der Waals surface area contributed by atoms with Crippen LogP contribution in [0.5, 0.6) is 0 Å². The number of hydrogen-bond acceptors (Lipinski definition) is 33. The number of aromatic nitrogens is 18. The molecule has 11 amide bonds. The van der Waals surface area contributed by atoms with E-state index in [0.29, 0.717) is 0 Å². The van der Waals surface area contributed by atoms with Gasteiger partial charge in [-0.2, -0.15) is 15.0 Å². The summed E-state index contributed by atoms with van der Waals surface area (Å²) in [5.41, 5.74) is 31.1. The Bertz CT molecular complexity index is 5570. The van der Waals surface area contributed by atoms with Crippen molar-refractivity contribution in [3.8, 4) is 0 Å². The number of aromatic amines is 2. The number of aryl methyl sites for hydroxylation is 1. The number of fused-ring (bicyclic) bond motifs is 3. The van der Waals surface area contributed by atoms with Gasteiger partial charge in [0.05, 0.1) is 51.7 Å². The number of amides is 11. The Morgan fingerprint density at radius 1 is 0.402 bits per heavy atom. The number of carboxylic acid groups (broad SMARTS) is 1.